The lowest BCUT2D eigenvalue weighted by molar-refractivity contribution is -0.384. The number of nitro benzene ring substituents is 1. The van der Waals surface area contributed by atoms with E-state index in [1.165, 1.54) is 6.07 Å². The molecule has 23 heavy (non-hydrogen) atoms. The molecule has 1 aliphatic rings. The third-order valence-corrected chi connectivity index (χ3v) is 4.50. The van der Waals surface area contributed by atoms with Crippen molar-refractivity contribution in [3.05, 3.63) is 40.4 Å². The Balaban J connectivity index is 2.19. The van der Waals surface area contributed by atoms with Crippen molar-refractivity contribution in [2.45, 2.75) is 0 Å². The topological polar surface area (TPSA) is 81.0 Å². The number of nitrogens with zero attached hydrogens (tertiary/aromatic N) is 3. The summed E-state index contributed by atoms with van der Waals surface area (Å²) in [6.07, 6.45) is 0. The summed E-state index contributed by atoms with van der Waals surface area (Å²) in [5, 5.41) is 19.7. The third kappa shape index (κ3) is 1.65. The maximum Gasteiger partial charge on any atom is 0.330 e. The van der Waals surface area contributed by atoms with E-state index in [1.54, 1.807) is 13.2 Å². The first-order chi connectivity index (χ1) is 10.9. The molecule has 0 atom stereocenters. The highest BCUT2D eigenvalue weighted by Crippen LogP contribution is 2.53. The number of quaternary nitrogens is 1. The minimum Gasteiger partial charge on any atom is -0.497 e. The van der Waals surface area contributed by atoms with Crippen LogP contribution in [0.1, 0.15) is 0 Å². The molecule has 0 fully saturated rings. The van der Waals surface area contributed by atoms with Crippen molar-refractivity contribution in [1.29, 1.82) is 0 Å². The molecule has 0 spiro atoms. The summed E-state index contributed by atoms with van der Waals surface area (Å²) < 4.78 is 5.59. The van der Waals surface area contributed by atoms with E-state index in [1.807, 2.05) is 32.3 Å². The highest BCUT2D eigenvalue weighted by Gasteiger charge is 2.42. The molecule has 116 valence electrons. The van der Waals surface area contributed by atoms with Crippen LogP contribution < -0.4 is 9.22 Å². The van der Waals surface area contributed by atoms with E-state index in [0.29, 0.717) is 5.69 Å². The number of nitrogens with one attached hydrogen (secondary N) is 1. The summed E-state index contributed by atoms with van der Waals surface area (Å²) in [6, 6.07) is 8.97. The van der Waals surface area contributed by atoms with Crippen LogP contribution in [0.3, 0.4) is 0 Å². The Bertz CT molecular complexity index is 975. The van der Waals surface area contributed by atoms with Crippen molar-refractivity contribution in [2.75, 3.05) is 21.2 Å². The van der Waals surface area contributed by atoms with Gasteiger partial charge in [-0.2, -0.15) is 5.10 Å². The highest BCUT2D eigenvalue weighted by molar-refractivity contribution is 6.10. The van der Waals surface area contributed by atoms with Gasteiger partial charge in [-0.05, 0) is 18.2 Å². The zero-order chi connectivity index (χ0) is 16.4. The summed E-state index contributed by atoms with van der Waals surface area (Å²) >= 11 is 0. The van der Waals surface area contributed by atoms with Gasteiger partial charge in [-0.15, -0.1) is 0 Å². The van der Waals surface area contributed by atoms with Crippen molar-refractivity contribution >= 4 is 28.0 Å². The van der Waals surface area contributed by atoms with Gasteiger partial charge in [-0.3, -0.25) is 19.7 Å². The van der Waals surface area contributed by atoms with E-state index in [2.05, 4.69) is 10.2 Å². The highest BCUT2D eigenvalue weighted by atomic mass is 16.6. The number of ether oxygens (including phenoxy) is 1. The van der Waals surface area contributed by atoms with Crippen LogP contribution in [-0.4, -0.2) is 36.3 Å². The molecular formula is C16H15N4O3+. The van der Waals surface area contributed by atoms with Gasteiger partial charge in [0.1, 0.15) is 17.1 Å². The van der Waals surface area contributed by atoms with Crippen LogP contribution in [0.2, 0.25) is 0 Å². The normalized spacial score (nSPS) is 14.6. The summed E-state index contributed by atoms with van der Waals surface area (Å²) in [6.45, 7) is 0. The number of benzene rings is 2. The lowest BCUT2D eigenvalue weighted by Gasteiger charge is -2.33. The molecule has 0 unspecified atom stereocenters. The maximum absolute atomic E-state index is 11.5. The van der Waals surface area contributed by atoms with Crippen LogP contribution in [0, 0.1) is 10.1 Å². The van der Waals surface area contributed by atoms with Crippen molar-refractivity contribution < 1.29 is 9.66 Å². The number of aromatic nitrogens is 2. The number of rotatable bonds is 2. The van der Waals surface area contributed by atoms with Crippen LogP contribution in [0.5, 0.6) is 5.75 Å². The minimum absolute atomic E-state index is 0.103. The second kappa shape index (κ2) is 4.30. The lowest BCUT2D eigenvalue weighted by atomic mass is 9.95. The fourth-order valence-corrected chi connectivity index (χ4v) is 3.43. The van der Waals surface area contributed by atoms with Crippen LogP contribution in [0.15, 0.2) is 30.3 Å². The molecule has 3 aromatic rings. The predicted molar refractivity (Wildman–Crippen MR) is 88.0 cm³/mol. The summed E-state index contributed by atoms with van der Waals surface area (Å²) in [5.41, 5.74) is 4.14. The molecule has 2 heterocycles. The standard InChI is InChI=1S/C16H15N4O3/c1-20(2)13-7-4-9(23-3)8-10(13)15-14-11(17-18-15)5-6-12(16(14)20)19(21)22/h4-8H,1-3H3,(H,17,18)/q+1. The van der Waals surface area contributed by atoms with Gasteiger partial charge in [0, 0.05) is 12.1 Å². The molecule has 1 aromatic heterocycles. The summed E-state index contributed by atoms with van der Waals surface area (Å²) in [4.78, 5) is 11.2. The molecule has 7 nitrogen and oxygen atoms in total. The molecule has 4 rings (SSSR count). The predicted octanol–water partition coefficient (Wildman–Crippen LogP) is 3.36. The van der Waals surface area contributed by atoms with Crippen molar-refractivity contribution in [1.82, 2.24) is 14.7 Å². The van der Waals surface area contributed by atoms with Crippen LogP contribution in [0.25, 0.3) is 22.2 Å². The number of methoxy groups -OCH3 is 1. The Morgan fingerprint density at radius 1 is 1.26 bits per heavy atom. The number of hydrogen-bond donors (Lipinski definition) is 1. The van der Waals surface area contributed by atoms with Gasteiger partial charge in [0.15, 0.2) is 0 Å². The van der Waals surface area contributed by atoms with Gasteiger partial charge in [0.25, 0.3) is 0 Å². The first-order valence-corrected chi connectivity index (χ1v) is 7.14. The molecule has 0 amide bonds. The molecule has 0 radical (unpaired) electrons. The average molecular weight is 311 g/mol. The average Bonchev–Trinajstić information content (AvgIpc) is 2.96. The van der Waals surface area contributed by atoms with E-state index in [9.17, 15) is 10.1 Å². The second-order valence-electron chi connectivity index (χ2n) is 6.02. The molecular weight excluding hydrogens is 296 g/mol. The zero-order valence-corrected chi connectivity index (χ0v) is 13.0. The third-order valence-electron chi connectivity index (χ3n) is 4.50. The molecule has 1 aliphatic heterocycles. The molecule has 0 aliphatic carbocycles. The summed E-state index contributed by atoms with van der Waals surface area (Å²) in [5.74, 6) is 0.730. The van der Waals surface area contributed by atoms with Crippen molar-refractivity contribution in [3.8, 4) is 17.0 Å². The van der Waals surface area contributed by atoms with Gasteiger partial charge in [0.05, 0.1) is 42.6 Å². The van der Waals surface area contributed by atoms with E-state index in [0.717, 1.165) is 33.6 Å². The van der Waals surface area contributed by atoms with Crippen molar-refractivity contribution in [3.63, 3.8) is 0 Å². The monoisotopic (exact) mass is 311 g/mol. The van der Waals surface area contributed by atoms with Gasteiger partial charge >= 0.3 is 5.69 Å². The zero-order valence-electron chi connectivity index (χ0n) is 13.0. The Morgan fingerprint density at radius 3 is 2.74 bits per heavy atom. The number of H-pyrrole nitrogens is 1. The van der Waals surface area contributed by atoms with Gasteiger partial charge in [-0.25, -0.2) is 0 Å². The Morgan fingerprint density at radius 2 is 2.04 bits per heavy atom. The SMILES string of the molecule is COc1ccc2c(c1)-c1n[nH]c3ccc([N+](=O)[O-])c(c13)[N+]2(C)C. The van der Waals surface area contributed by atoms with E-state index in [-0.39, 0.29) is 15.1 Å². The van der Waals surface area contributed by atoms with E-state index < -0.39 is 0 Å². The minimum atomic E-state index is -0.333. The lowest BCUT2D eigenvalue weighted by Crippen LogP contribution is -2.37. The first kappa shape index (κ1) is 13.7. The fourth-order valence-electron chi connectivity index (χ4n) is 3.43. The van der Waals surface area contributed by atoms with Crippen molar-refractivity contribution in [2.24, 2.45) is 0 Å². The number of aromatic amines is 1. The molecule has 7 heteroatoms. The molecule has 2 aromatic carbocycles. The summed E-state index contributed by atoms with van der Waals surface area (Å²) in [7, 11) is 5.51. The van der Waals surface area contributed by atoms with E-state index in [4.69, 9.17) is 4.74 Å². The van der Waals surface area contributed by atoms with Gasteiger partial charge < -0.3 is 4.74 Å². The largest absolute Gasteiger partial charge is 0.497 e. The van der Waals surface area contributed by atoms with Gasteiger partial charge in [0.2, 0.25) is 5.69 Å². The fraction of sp³-hybridized carbons (Fsp3) is 0.188. The number of fused-ring (bicyclic) bond motifs is 2. The van der Waals surface area contributed by atoms with Crippen LogP contribution in [0.4, 0.5) is 17.1 Å². The maximum atomic E-state index is 11.5. The Labute approximate surface area is 131 Å². The van der Waals surface area contributed by atoms with Crippen LogP contribution in [-0.2, 0) is 0 Å². The Kier molecular flexibility index (Phi) is 2.56. The first-order valence-electron chi connectivity index (χ1n) is 7.14. The molecule has 0 bridgehead atoms. The Hall–Kier alpha value is -2.93. The number of hydrogen-bond acceptors (Lipinski definition) is 4. The number of nitro groups is 1. The smallest absolute Gasteiger partial charge is 0.330 e. The second-order valence-corrected chi connectivity index (χ2v) is 6.02. The van der Waals surface area contributed by atoms with Crippen LogP contribution >= 0.6 is 0 Å². The van der Waals surface area contributed by atoms with Gasteiger partial charge in [-0.1, -0.05) is 0 Å². The van der Waals surface area contributed by atoms with E-state index >= 15 is 0 Å². The molecule has 0 saturated carbocycles. The quantitative estimate of drug-likeness (QED) is 0.447. The molecule has 1 N–H and O–H groups in total. The molecule has 0 saturated heterocycles.